The summed E-state index contributed by atoms with van der Waals surface area (Å²) in [5, 5.41) is 16.4. The van der Waals surface area contributed by atoms with Gasteiger partial charge in [-0.25, -0.2) is 4.68 Å². The summed E-state index contributed by atoms with van der Waals surface area (Å²) in [7, 11) is 0. The number of aldehydes is 1. The summed E-state index contributed by atoms with van der Waals surface area (Å²) in [6, 6.07) is 0. The van der Waals surface area contributed by atoms with Gasteiger partial charge in [0, 0.05) is 13.2 Å². The maximum atomic E-state index is 10.7. The lowest BCUT2D eigenvalue weighted by atomic mass is 10.1. The number of hydrogen-bond donors (Lipinski definition) is 1. The van der Waals surface area contributed by atoms with E-state index in [0.717, 1.165) is 24.8 Å². The summed E-state index contributed by atoms with van der Waals surface area (Å²) < 4.78 is 1.75. The molecule has 84 valence electrons. The number of aliphatic hydroxyl groups is 1. The van der Waals surface area contributed by atoms with Gasteiger partial charge in [-0.3, -0.25) is 4.79 Å². The van der Waals surface area contributed by atoms with E-state index in [9.17, 15) is 4.79 Å². The summed E-state index contributed by atoms with van der Waals surface area (Å²) >= 11 is 0. The van der Waals surface area contributed by atoms with E-state index in [0.29, 0.717) is 12.2 Å². The van der Waals surface area contributed by atoms with Crippen LogP contribution in [0.1, 0.15) is 48.8 Å². The maximum Gasteiger partial charge on any atom is 0.172 e. The first-order chi connectivity index (χ1) is 7.20. The predicted molar refractivity (Wildman–Crippen MR) is 55.8 cm³/mol. The van der Waals surface area contributed by atoms with Crippen LogP contribution in [0.5, 0.6) is 0 Å². The van der Waals surface area contributed by atoms with Crippen molar-refractivity contribution in [3.8, 4) is 0 Å². The monoisotopic (exact) mass is 211 g/mol. The molecule has 0 saturated carbocycles. The summed E-state index contributed by atoms with van der Waals surface area (Å²) in [5.74, 6) is 0.231. The molecule has 0 fully saturated rings. The number of carbonyl (C=O) groups excluding carboxylic acids is 1. The van der Waals surface area contributed by atoms with Gasteiger partial charge in [0.1, 0.15) is 5.69 Å². The Morgan fingerprint density at radius 3 is 2.73 bits per heavy atom. The van der Waals surface area contributed by atoms with Crippen molar-refractivity contribution < 1.29 is 9.90 Å². The average Bonchev–Trinajstić information content (AvgIpc) is 2.61. The normalized spacial score (nSPS) is 10.9. The number of aryl methyl sites for hydroxylation is 1. The van der Waals surface area contributed by atoms with E-state index >= 15 is 0 Å². The molecule has 1 aromatic heterocycles. The van der Waals surface area contributed by atoms with Crippen molar-refractivity contribution in [2.75, 3.05) is 6.61 Å². The Balaban J connectivity index is 2.78. The fourth-order valence-corrected chi connectivity index (χ4v) is 1.55. The third-order valence-electron chi connectivity index (χ3n) is 2.24. The molecule has 1 N–H and O–H groups in total. The number of nitrogens with zero attached hydrogens (tertiary/aromatic N) is 3. The maximum absolute atomic E-state index is 10.7. The predicted octanol–water partition coefficient (Wildman–Crippen LogP) is 0.986. The van der Waals surface area contributed by atoms with Crippen LogP contribution in [0, 0.1) is 0 Å². The summed E-state index contributed by atoms with van der Waals surface area (Å²) in [4.78, 5) is 10.7. The summed E-state index contributed by atoms with van der Waals surface area (Å²) in [5.41, 5.74) is 1.30. The Hall–Kier alpha value is -1.23. The molecule has 0 aliphatic rings. The van der Waals surface area contributed by atoms with Crippen molar-refractivity contribution in [3.05, 3.63) is 11.4 Å². The lowest BCUT2D eigenvalue weighted by Crippen LogP contribution is -2.08. The molecule has 0 amide bonds. The zero-order chi connectivity index (χ0) is 11.3. The highest BCUT2D eigenvalue weighted by molar-refractivity contribution is 5.73. The van der Waals surface area contributed by atoms with Gasteiger partial charge in [-0.15, -0.1) is 5.10 Å². The number of hydrogen-bond acceptors (Lipinski definition) is 4. The second-order valence-electron chi connectivity index (χ2n) is 3.79. The van der Waals surface area contributed by atoms with Crippen molar-refractivity contribution in [2.24, 2.45) is 0 Å². The van der Waals surface area contributed by atoms with Crippen LogP contribution in [0.2, 0.25) is 0 Å². The van der Waals surface area contributed by atoms with Gasteiger partial charge in [-0.1, -0.05) is 19.1 Å². The second kappa shape index (κ2) is 5.60. The van der Waals surface area contributed by atoms with E-state index in [1.54, 1.807) is 4.68 Å². The van der Waals surface area contributed by atoms with Crippen molar-refractivity contribution in [1.29, 1.82) is 0 Å². The minimum Gasteiger partial charge on any atom is -0.396 e. The smallest absolute Gasteiger partial charge is 0.172 e. The van der Waals surface area contributed by atoms with Crippen LogP contribution in [0.25, 0.3) is 0 Å². The Morgan fingerprint density at radius 2 is 2.20 bits per heavy atom. The van der Waals surface area contributed by atoms with Crippen LogP contribution in [-0.2, 0) is 6.54 Å². The third kappa shape index (κ3) is 2.86. The summed E-state index contributed by atoms with van der Waals surface area (Å²) in [6.07, 6.45) is 2.33. The van der Waals surface area contributed by atoms with Gasteiger partial charge in [0.25, 0.3) is 0 Å². The van der Waals surface area contributed by atoms with Crippen LogP contribution in [0.3, 0.4) is 0 Å². The van der Waals surface area contributed by atoms with Crippen LogP contribution in [0.4, 0.5) is 0 Å². The highest BCUT2D eigenvalue weighted by Crippen LogP contribution is 2.16. The van der Waals surface area contributed by atoms with E-state index in [-0.39, 0.29) is 12.5 Å². The molecule has 0 aromatic carbocycles. The topological polar surface area (TPSA) is 68.0 Å². The van der Waals surface area contributed by atoms with Crippen LogP contribution in [-0.4, -0.2) is 33.0 Å². The van der Waals surface area contributed by atoms with Gasteiger partial charge in [0.2, 0.25) is 0 Å². The highest BCUT2D eigenvalue weighted by atomic mass is 16.2. The van der Waals surface area contributed by atoms with Crippen LogP contribution < -0.4 is 0 Å². The van der Waals surface area contributed by atoms with Crippen molar-refractivity contribution >= 4 is 6.29 Å². The first-order valence-electron chi connectivity index (χ1n) is 5.20. The van der Waals surface area contributed by atoms with Gasteiger partial charge in [0.05, 0.1) is 5.69 Å². The zero-order valence-electron chi connectivity index (χ0n) is 9.18. The van der Waals surface area contributed by atoms with Gasteiger partial charge >= 0.3 is 0 Å². The van der Waals surface area contributed by atoms with E-state index < -0.39 is 0 Å². The molecule has 0 aliphatic carbocycles. The molecule has 0 unspecified atom stereocenters. The van der Waals surface area contributed by atoms with Gasteiger partial charge in [-0.2, -0.15) is 0 Å². The fraction of sp³-hybridized carbons (Fsp3) is 0.700. The first-order valence-corrected chi connectivity index (χ1v) is 5.20. The molecular weight excluding hydrogens is 194 g/mol. The minimum absolute atomic E-state index is 0.187. The SMILES string of the molecule is CC(C)c1c(C=O)nnn1CCCCO. The first kappa shape index (κ1) is 11.8. The minimum atomic E-state index is 0.187. The molecule has 15 heavy (non-hydrogen) atoms. The van der Waals surface area contributed by atoms with E-state index in [1.165, 1.54) is 0 Å². The van der Waals surface area contributed by atoms with Gasteiger partial charge < -0.3 is 5.11 Å². The second-order valence-corrected chi connectivity index (χ2v) is 3.79. The molecule has 1 heterocycles. The lowest BCUT2D eigenvalue weighted by Gasteiger charge is -2.08. The number of carbonyl (C=O) groups is 1. The standard InChI is InChI=1S/C10H17N3O2/c1-8(2)10-9(7-15)11-12-13(10)5-3-4-6-14/h7-8,14H,3-6H2,1-2H3. The Labute approximate surface area is 89.1 Å². The van der Waals surface area contributed by atoms with Gasteiger partial charge in [0.15, 0.2) is 6.29 Å². The van der Waals surface area contributed by atoms with Crippen molar-refractivity contribution in [2.45, 2.75) is 39.2 Å². The Kier molecular flexibility index (Phi) is 4.42. The molecule has 0 saturated heterocycles. The molecule has 1 rings (SSSR count). The molecule has 0 aliphatic heterocycles. The average molecular weight is 211 g/mol. The largest absolute Gasteiger partial charge is 0.396 e. The number of aliphatic hydroxyl groups excluding tert-OH is 1. The number of aromatic nitrogens is 3. The van der Waals surface area contributed by atoms with Crippen LogP contribution >= 0.6 is 0 Å². The van der Waals surface area contributed by atoms with E-state index in [2.05, 4.69) is 10.3 Å². The molecular formula is C10H17N3O2. The Bertz CT molecular complexity index is 320. The fourth-order valence-electron chi connectivity index (χ4n) is 1.55. The number of rotatable bonds is 6. The van der Waals surface area contributed by atoms with E-state index in [1.807, 2.05) is 13.8 Å². The molecule has 0 spiro atoms. The Morgan fingerprint density at radius 1 is 1.47 bits per heavy atom. The molecule has 0 atom stereocenters. The molecule has 5 heteroatoms. The number of unbranched alkanes of at least 4 members (excludes halogenated alkanes) is 1. The molecule has 1 aromatic rings. The van der Waals surface area contributed by atoms with Crippen molar-refractivity contribution in [3.63, 3.8) is 0 Å². The lowest BCUT2D eigenvalue weighted by molar-refractivity contribution is 0.111. The van der Waals surface area contributed by atoms with Crippen LogP contribution in [0.15, 0.2) is 0 Å². The zero-order valence-corrected chi connectivity index (χ0v) is 9.18. The van der Waals surface area contributed by atoms with Gasteiger partial charge in [-0.05, 0) is 18.8 Å². The third-order valence-corrected chi connectivity index (χ3v) is 2.24. The highest BCUT2D eigenvalue weighted by Gasteiger charge is 2.14. The molecule has 0 bridgehead atoms. The van der Waals surface area contributed by atoms with Crippen molar-refractivity contribution in [1.82, 2.24) is 15.0 Å². The quantitative estimate of drug-likeness (QED) is 0.562. The molecule has 5 nitrogen and oxygen atoms in total. The molecule has 0 radical (unpaired) electrons. The van der Waals surface area contributed by atoms with E-state index in [4.69, 9.17) is 5.11 Å². The summed E-state index contributed by atoms with van der Waals surface area (Å²) in [6.45, 7) is 4.91.